The predicted octanol–water partition coefficient (Wildman–Crippen LogP) is 2.20. The summed E-state index contributed by atoms with van der Waals surface area (Å²) in [5, 5.41) is 1.08. The Morgan fingerprint density at radius 3 is 2.59 bits per heavy atom. The third-order valence-corrected chi connectivity index (χ3v) is 7.86. The second kappa shape index (κ2) is 9.72. The summed E-state index contributed by atoms with van der Waals surface area (Å²) in [6.07, 6.45) is 0.473. The Balaban J connectivity index is 1.42. The summed E-state index contributed by atoms with van der Waals surface area (Å²) in [7, 11) is 3.20. The zero-order valence-corrected chi connectivity index (χ0v) is 21.2. The van der Waals surface area contributed by atoms with E-state index in [0.717, 1.165) is 47.4 Å². The number of carbonyl (C=O) groups excluding carboxylic acids is 2. The van der Waals surface area contributed by atoms with Gasteiger partial charge in [0, 0.05) is 54.8 Å². The molecule has 0 spiro atoms. The maximum absolute atomic E-state index is 13.9. The molecule has 2 atom stereocenters. The SMILES string of the molecule is COc1cccc([C@H]2c3[nH]c4ccccc4c3C[C@H]3C(=O)N(CCN4CCOCC4)CC(=O)N23)c1OC. The molecule has 6 rings (SSSR count). The Hall–Kier alpha value is -3.56. The van der Waals surface area contributed by atoms with Gasteiger partial charge in [0.15, 0.2) is 11.5 Å². The van der Waals surface area contributed by atoms with Gasteiger partial charge < -0.3 is 29.0 Å². The smallest absolute Gasteiger partial charge is 0.246 e. The van der Waals surface area contributed by atoms with Crippen molar-refractivity contribution in [2.24, 2.45) is 0 Å². The molecule has 1 aromatic heterocycles. The average Bonchev–Trinajstić information content (AvgIpc) is 3.31. The van der Waals surface area contributed by atoms with Gasteiger partial charge in [-0.3, -0.25) is 14.5 Å². The highest BCUT2D eigenvalue weighted by Crippen LogP contribution is 2.46. The molecule has 2 fully saturated rings. The van der Waals surface area contributed by atoms with E-state index < -0.39 is 12.1 Å². The monoisotopic (exact) mass is 504 g/mol. The number of benzene rings is 2. The highest BCUT2D eigenvalue weighted by Gasteiger charge is 2.49. The van der Waals surface area contributed by atoms with Crippen molar-refractivity contribution in [3.05, 3.63) is 59.3 Å². The number of nitrogens with zero attached hydrogens (tertiary/aromatic N) is 3. The highest BCUT2D eigenvalue weighted by atomic mass is 16.5. The number of para-hydroxylation sites is 2. The van der Waals surface area contributed by atoms with Crippen LogP contribution in [0.4, 0.5) is 0 Å². The van der Waals surface area contributed by atoms with Crippen LogP contribution >= 0.6 is 0 Å². The molecule has 194 valence electrons. The van der Waals surface area contributed by atoms with Crippen LogP contribution < -0.4 is 9.47 Å². The standard InChI is InChI=1S/C28H32N4O5/c1-35-23-9-5-7-19(27(23)36-2)26-25-20(18-6-3-4-8-21(18)29-25)16-22-28(34)31(17-24(33)32(22)26)11-10-30-12-14-37-15-13-30/h3-9,22,26,29H,10-17H2,1-2H3/t22-,26-/m0/s1. The Morgan fingerprint density at radius 1 is 1.00 bits per heavy atom. The van der Waals surface area contributed by atoms with Gasteiger partial charge in [-0.2, -0.15) is 0 Å². The molecule has 3 aromatic rings. The molecule has 3 aliphatic rings. The number of fused-ring (bicyclic) bond motifs is 4. The first-order valence-corrected chi connectivity index (χ1v) is 12.8. The van der Waals surface area contributed by atoms with Crippen LogP contribution in [-0.2, 0) is 20.7 Å². The first-order chi connectivity index (χ1) is 18.1. The highest BCUT2D eigenvalue weighted by molar-refractivity contribution is 5.97. The molecular weight excluding hydrogens is 472 g/mol. The molecule has 0 radical (unpaired) electrons. The fraction of sp³-hybridized carbons (Fsp3) is 0.429. The van der Waals surface area contributed by atoms with Crippen LogP contribution in [0.25, 0.3) is 10.9 Å². The number of hydrogen-bond donors (Lipinski definition) is 1. The lowest BCUT2D eigenvalue weighted by Gasteiger charge is -2.47. The Bertz CT molecular complexity index is 1330. The number of piperazine rings is 1. The van der Waals surface area contributed by atoms with Crippen molar-refractivity contribution in [3.8, 4) is 11.5 Å². The minimum atomic E-state index is -0.585. The maximum Gasteiger partial charge on any atom is 0.246 e. The number of morpholine rings is 1. The van der Waals surface area contributed by atoms with Gasteiger partial charge in [0.1, 0.15) is 12.1 Å². The van der Waals surface area contributed by atoms with Crippen LogP contribution in [-0.4, -0.2) is 97.7 Å². The van der Waals surface area contributed by atoms with Crippen molar-refractivity contribution in [1.82, 2.24) is 19.7 Å². The minimum absolute atomic E-state index is 0.00402. The number of nitrogens with one attached hydrogen (secondary N) is 1. The van der Waals surface area contributed by atoms with E-state index in [4.69, 9.17) is 14.2 Å². The molecule has 0 bridgehead atoms. The molecule has 4 heterocycles. The topological polar surface area (TPSA) is 87.3 Å². The summed E-state index contributed by atoms with van der Waals surface area (Å²) in [4.78, 5) is 37.1. The molecule has 37 heavy (non-hydrogen) atoms. The summed E-state index contributed by atoms with van der Waals surface area (Å²) < 4.78 is 16.8. The fourth-order valence-electron chi connectivity index (χ4n) is 6.05. The molecule has 0 saturated carbocycles. The summed E-state index contributed by atoms with van der Waals surface area (Å²) in [6.45, 7) is 4.44. The largest absolute Gasteiger partial charge is 0.493 e. The molecule has 3 aliphatic heterocycles. The van der Waals surface area contributed by atoms with Crippen LogP contribution in [0, 0.1) is 0 Å². The zero-order valence-electron chi connectivity index (χ0n) is 21.2. The number of methoxy groups -OCH3 is 2. The summed E-state index contributed by atoms with van der Waals surface area (Å²) in [5.41, 5.74) is 3.78. The minimum Gasteiger partial charge on any atom is -0.493 e. The third-order valence-electron chi connectivity index (χ3n) is 7.86. The molecular formula is C28H32N4O5. The summed E-state index contributed by atoms with van der Waals surface area (Å²) in [5.74, 6) is 1.08. The van der Waals surface area contributed by atoms with E-state index in [1.54, 1.807) is 24.0 Å². The van der Waals surface area contributed by atoms with Gasteiger partial charge in [0.2, 0.25) is 11.8 Å². The molecule has 1 N–H and O–H groups in total. The van der Waals surface area contributed by atoms with Gasteiger partial charge in [-0.25, -0.2) is 0 Å². The number of amides is 2. The summed E-state index contributed by atoms with van der Waals surface area (Å²) >= 11 is 0. The second-order valence-electron chi connectivity index (χ2n) is 9.78. The van der Waals surface area contributed by atoms with Crippen molar-refractivity contribution in [1.29, 1.82) is 0 Å². The van der Waals surface area contributed by atoms with E-state index in [1.165, 1.54) is 0 Å². The van der Waals surface area contributed by atoms with E-state index in [2.05, 4.69) is 16.0 Å². The Kier molecular flexibility index (Phi) is 6.26. The Morgan fingerprint density at radius 2 is 1.81 bits per heavy atom. The van der Waals surface area contributed by atoms with Gasteiger partial charge in [-0.15, -0.1) is 0 Å². The van der Waals surface area contributed by atoms with Crippen molar-refractivity contribution in [2.75, 3.05) is 60.2 Å². The number of aromatic nitrogens is 1. The van der Waals surface area contributed by atoms with Crippen molar-refractivity contribution in [3.63, 3.8) is 0 Å². The zero-order chi connectivity index (χ0) is 25.5. The third kappa shape index (κ3) is 4.02. The van der Waals surface area contributed by atoms with Gasteiger partial charge in [-0.1, -0.05) is 30.3 Å². The molecule has 0 unspecified atom stereocenters. The van der Waals surface area contributed by atoms with E-state index >= 15 is 0 Å². The fourth-order valence-corrected chi connectivity index (χ4v) is 6.05. The van der Waals surface area contributed by atoms with Gasteiger partial charge in [0.05, 0.1) is 34.0 Å². The predicted molar refractivity (Wildman–Crippen MR) is 138 cm³/mol. The second-order valence-corrected chi connectivity index (χ2v) is 9.78. The number of carbonyl (C=O) groups is 2. The Labute approximate surface area is 215 Å². The molecule has 2 aromatic carbocycles. The lowest BCUT2D eigenvalue weighted by molar-refractivity contribution is -0.159. The molecule has 9 nitrogen and oxygen atoms in total. The lowest BCUT2D eigenvalue weighted by Crippen LogP contribution is -2.63. The van der Waals surface area contributed by atoms with Crippen LogP contribution in [0.5, 0.6) is 11.5 Å². The number of H-pyrrole nitrogens is 1. The van der Waals surface area contributed by atoms with Gasteiger partial charge in [0.25, 0.3) is 0 Å². The molecule has 9 heteroatoms. The van der Waals surface area contributed by atoms with E-state index in [1.807, 2.05) is 36.4 Å². The van der Waals surface area contributed by atoms with Crippen LogP contribution in [0.15, 0.2) is 42.5 Å². The van der Waals surface area contributed by atoms with Gasteiger partial charge >= 0.3 is 0 Å². The normalized spacial score (nSPS) is 22.2. The van der Waals surface area contributed by atoms with Crippen LogP contribution in [0.3, 0.4) is 0 Å². The summed E-state index contributed by atoms with van der Waals surface area (Å²) in [6, 6.07) is 12.7. The maximum atomic E-state index is 13.9. The first kappa shape index (κ1) is 23.8. The average molecular weight is 505 g/mol. The van der Waals surface area contributed by atoms with Crippen molar-refractivity contribution in [2.45, 2.75) is 18.5 Å². The van der Waals surface area contributed by atoms with Crippen LogP contribution in [0.1, 0.15) is 22.9 Å². The quantitative estimate of drug-likeness (QED) is 0.554. The molecule has 2 saturated heterocycles. The van der Waals surface area contributed by atoms with E-state index in [0.29, 0.717) is 37.7 Å². The molecule has 0 aliphatic carbocycles. The van der Waals surface area contributed by atoms with Gasteiger partial charge in [-0.05, 0) is 17.7 Å². The van der Waals surface area contributed by atoms with Crippen molar-refractivity contribution >= 4 is 22.7 Å². The molecule has 2 amide bonds. The number of hydrogen-bond acceptors (Lipinski definition) is 6. The van der Waals surface area contributed by atoms with E-state index in [-0.39, 0.29) is 18.4 Å². The first-order valence-electron chi connectivity index (χ1n) is 12.8. The number of ether oxygens (including phenoxy) is 3. The lowest BCUT2D eigenvalue weighted by atomic mass is 9.85. The number of aromatic amines is 1. The number of rotatable bonds is 6. The van der Waals surface area contributed by atoms with Crippen LogP contribution in [0.2, 0.25) is 0 Å². The van der Waals surface area contributed by atoms with Crippen molar-refractivity contribution < 1.29 is 23.8 Å². The van der Waals surface area contributed by atoms with E-state index in [9.17, 15) is 9.59 Å².